The Hall–Kier alpha value is -2.57. The van der Waals surface area contributed by atoms with Crippen molar-refractivity contribution in [2.45, 2.75) is 12.5 Å². The average molecular weight is 384 g/mol. The molecule has 1 N–H and O–H groups in total. The van der Waals surface area contributed by atoms with Crippen molar-refractivity contribution in [1.82, 2.24) is 15.2 Å². The number of ether oxygens (including phenoxy) is 1. The molecule has 0 bridgehead atoms. The van der Waals surface area contributed by atoms with Gasteiger partial charge in [-0.3, -0.25) is 4.79 Å². The van der Waals surface area contributed by atoms with Gasteiger partial charge in [-0.05, 0) is 29.8 Å². The fraction of sp³-hybridized carbons (Fsp3) is 0.300. The number of amides is 1. The number of rotatable bonds is 2. The molecule has 2 aliphatic rings. The number of furan rings is 1. The molecule has 0 spiro atoms. The Bertz CT molecular complexity index is 1030. The number of pyridine rings is 1. The number of halogens is 1. The SMILES string of the molecule is O=C([C@H]1Cc2cc(Cl)cc(-c3ccnc4occc34)c2O1)N1CCNCC1. The molecule has 7 heteroatoms. The number of nitrogens with one attached hydrogen (secondary N) is 1. The van der Waals surface area contributed by atoms with Gasteiger partial charge in [-0.2, -0.15) is 0 Å². The zero-order valence-corrected chi connectivity index (χ0v) is 15.3. The molecule has 0 aliphatic carbocycles. The van der Waals surface area contributed by atoms with E-state index < -0.39 is 6.10 Å². The summed E-state index contributed by atoms with van der Waals surface area (Å²) in [5, 5.41) is 4.78. The fourth-order valence-electron chi connectivity index (χ4n) is 3.86. The van der Waals surface area contributed by atoms with Crippen LogP contribution in [0.3, 0.4) is 0 Å². The van der Waals surface area contributed by atoms with Crippen molar-refractivity contribution >= 4 is 28.6 Å². The number of hydrogen-bond donors (Lipinski definition) is 1. The lowest BCUT2D eigenvalue weighted by atomic mass is 9.99. The first-order valence-corrected chi connectivity index (χ1v) is 9.39. The highest BCUT2D eigenvalue weighted by molar-refractivity contribution is 6.31. The van der Waals surface area contributed by atoms with Crippen LogP contribution < -0.4 is 10.1 Å². The first-order chi connectivity index (χ1) is 13.2. The number of fused-ring (bicyclic) bond motifs is 2. The second-order valence-corrected chi connectivity index (χ2v) is 7.26. The summed E-state index contributed by atoms with van der Waals surface area (Å²) in [6.07, 6.45) is 3.35. The molecule has 1 fully saturated rings. The Morgan fingerprint density at radius 2 is 2.07 bits per heavy atom. The van der Waals surface area contributed by atoms with E-state index in [4.69, 9.17) is 20.8 Å². The minimum Gasteiger partial charge on any atom is -0.479 e. The fourth-order valence-corrected chi connectivity index (χ4v) is 4.10. The molecule has 1 saturated heterocycles. The minimum atomic E-state index is -0.503. The van der Waals surface area contributed by atoms with E-state index in [9.17, 15) is 4.79 Å². The van der Waals surface area contributed by atoms with Gasteiger partial charge in [-0.25, -0.2) is 4.98 Å². The molecule has 5 rings (SSSR count). The third kappa shape index (κ3) is 2.85. The lowest BCUT2D eigenvalue weighted by Crippen LogP contribution is -2.50. The van der Waals surface area contributed by atoms with E-state index in [0.29, 0.717) is 30.2 Å². The lowest BCUT2D eigenvalue weighted by molar-refractivity contribution is -0.138. The second-order valence-electron chi connectivity index (χ2n) is 6.83. The van der Waals surface area contributed by atoms with E-state index >= 15 is 0 Å². The summed E-state index contributed by atoms with van der Waals surface area (Å²) < 4.78 is 11.6. The van der Waals surface area contributed by atoms with Crippen LogP contribution in [0.2, 0.25) is 5.02 Å². The molecule has 1 atom stereocenters. The van der Waals surface area contributed by atoms with Gasteiger partial charge in [0.15, 0.2) is 6.10 Å². The van der Waals surface area contributed by atoms with Crippen molar-refractivity contribution in [3.63, 3.8) is 0 Å². The summed E-state index contributed by atoms with van der Waals surface area (Å²) in [5.41, 5.74) is 3.32. The predicted octanol–water partition coefficient (Wildman–Crippen LogP) is 2.88. The minimum absolute atomic E-state index is 0.0398. The Balaban J connectivity index is 1.53. The smallest absolute Gasteiger partial charge is 0.264 e. The molecule has 2 aromatic heterocycles. The summed E-state index contributed by atoms with van der Waals surface area (Å²) in [5.74, 6) is 0.763. The molecular weight excluding hydrogens is 366 g/mol. The van der Waals surface area contributed by atoms with Crippen LogP contribution in [0.4, 0.5) is 0 Å². The molecule has 3 aromatic rings. The van der Waals surface area contributed by atoms with Crippen molar-refractivity contribution < 1.29 is 13.9 Å². The van der Waals surface area contributed by atoms with Gasteiger partial charge in [0.2, 0.25) is 5.71 Å². The maximum Gasteiger partial charge on any atom is 0.264 e. The zero-order chi connectivity index (χ0) is 18.4. The van der Waals surface area contributed by atoms with E-state index in [1.54, 1.807) is 12.5 Å². The largest absolute Gasteiger partial charge is 0.479 e. The third-order valence-corrected chi connectivity index (χ3v) is 5.38. The van der Waals surface area contributed by atoms with E-state index in [-0.39, 0.29) is 5.91 Å². The van der Waals surface area contributed by atoms with Gasteiger partial charge in [0, 0.05) is 60.3 Å². The number of benzene rings is 1. The molecule has 27 heavy (non-hydrogen) atoms. The Morgan fingerprint density at radius 1 is 1.22 bits per heavy atom. The summed E-state index contributed by atoms with van der Waals surface area (Å²) >= 11 is 6.38. The normalized spacial score (nSPS) is 19.1. The van der Waals surface area contributed by atoms with Crippen LogP contribution in [0.1, 0.15) is 5.56 Å². The number of carbonyl (C=O) groups excluding carboxylic acids is 1. The lowest BCUT2D eigenvalue weighted by Gasteiger charge is -2.29. The molecule has 2 aliphatic heterocycles. The number of hydrogen-bond acceptors (Lipinski definition) is 5. The van der Waals surface area contributed by atoms with Gasteiger partial charge in [0.25, 0.3) is 5.91 Å². The third-order valence-electron chi connectivity index (χ3n) is 5.16. The maximum atomic E-state index is 12.9. The van der Waals surface area contributed by atoms with E-state index in [2.05, 4.69) is 10.3 Å². The van der Waals surface area contributed by atoms with Crippen molar-refractivity contribution in [2.24, 2.45) is 0 Å². The number of aromatic nitrogens is 1. The molecule has 0 unspecified atom stereocenters. The Morgan fingerprint density at radius 3 is 2.93 bits per heavy atom. The van der Waals surface area contributed by atoms with Crippen molar-refractivity contribution in [2.75, 3.05) is 26.2 Å². The van der Waals surface area contributed by atoms with Crippen LogP contribution in [0.25, 0.3) is 22.2 Å². The predicted molar refractivity (Wildman–Crippen MR) is 102 cm³/mol. The van der Waals surface area contributed by atoms with Crippen LogP contribution in [0.15, 0.2) is 41.1 Å². The van der Waals surface area contributed by atoms with E-state index in [0.717, 1.165) is 40.9 Å². The highest BCUT2D eigenvalue weighted by Crippen LogP contribution is 2.43. The molecule has 6 nitrogen and oxygen atoms in total. The van der Waals surface area contributed by atoms with Gasteiger partial charge in [-0.15, -0.1) is 0 Å². The van der Waals surface area contributed by atoms with Crippen molar-refractivity contribution in [3.05, 3.63) is 47.3 Å². The van der Waals surface area contributed by atoms with Crippen LogP contribution in [-0.4, -0.2) is 48.1 Å². The van der Waals surface area contributed by atoms with Gasteiger partial charge in [0.1, 0.15) is 5.75 Å². The highest BCUT2D eigenvalue weighted by Gasteiger charge is 2.35. The topological polar surface area (TPSA) is 67.6 Å². The van der Waals surface area contributed by atoms with E-state index in [1.807, 2.05) is 29.2 Å². The van der Waals surface area contributed by atoms with Gasteiger partial charge in [0.05, 0.1) is 6.26 Å². The standard InChI is InChI=1S/C20H18ClN3O3/c21-13-9-12-10-17(20(25)24-6-4-22-5-7-24)27-18(12)16(11-13)14-1-3-23-19-15(14)2-8-26-19/h1-3,8-9,11,17,22H,4-7,10H2/t17-/m1/s1. The van der Waals surface area contributed by atoms with Crippen LogP contribution in [-0.2, 0) is 11.2 Å². The molecule has 138 valence electrons. The number of piperazine rings is 1. The molecule has 0 saturated carbocycles. The van der Waals surface area contributed by atoms with Gasteiger partial charge in [-0.1, -0.05) is 11.6 Å². The van der Waals surface area contributed by atoms with E-state index in [1.165, 1.54) is 0 Å². The molecular formula is C20H18ClN3O3. The molecule has 1 amide bonds. The molecule has 4 heterocycles. The first kappa shape index (κ1) is 16.6. The van der Waals surface area contributed by atoms with Gasteiger partial charge < -0.3 is 19.4 Å². The second kappa shape index (κ2) is 6.55. The molecule has 0 radical (unpaired) electrons. The highest BCUT2D eigenvalue weighted by atomic mass is 35.5. The monoisotopic (exact) mass is 383 g/mol. The summed E-state index contributed by atoms with van der Waals surface area (Å²) in [6, 6.07) is 7.56. The number of nitrogens with zero attached hydrogens (tertiary/aromatic N) is 2. The van der Waals surface area contributed by atoms with Crippen LogP contribution >= 0.6 is 11.6 Å². The summed E-state index contributed by atoms with van der Waals surface area (Å²) in [7, 11) is 0. The van der Waals surface area contributed by atoms with Crippen LogP contribution in [0.5, 0.6) is 5.75 Å². The summed E-state index contributed by atoms with van der Waals surface area (Å²) in [6.45, 7) is 3.06. The van der Waals surface area contributed by atoms with Crippen molar-refractivity contribution in [3.8, 4) is 16.9 Å². The maximum absolute atomic E-state index is 12.9. The van der Waals surface area contributed by atoms with Crippen LogP contribution in [0, 0.1) is 0 Å². The quantitative estimate of drug-likeness (QED) is 0.737. The molecule has 1 aromatic carbocycles. The Kier molecular flexibility index (Phi) is 4.02. The Labute approximate surface area is 161 Å². The first-order valence-electron chi connectivity index (χ1n) is 9.02. The average Bonchev–Trinajstić information content (AvgIpc) is 3.34. The van der Waals surface area contributed by atoms with Crippen molar-refractivity contribution in [1.29, 1.82) is 0 Å². The summed E-state index contributed by atoms with van der Waals surface area (Å²) in [4.78, 5) is 19.0. The number of carbonyl (C=O) groups is 1. The van der Waals surface area contributed by atoms with Gasteiger partial charge >= 0.3 is 0 Å². The zero-order valence-electron chi connectivity index (χ0n) is 14.6.